The molecule has 0 radical (unpaired) electrons. The molecule has 12 heavy (non-hydrogen) atoms. The van der Waals surface area contributed by atoms with Gasteiger partial charge in [0.15, 0.2) is 9.84 Å². The van der Waals surface area contributed by atoms with Crippen molar-refractivity contribution in [2.45, 2.75) is 25.5 Å². The molecule has 1 rings (SSSR count). The fourth-order valence-corrected chi connectivity index (χ4v) is 1.99. The summed E-state index contributed by atoms with van der Waals surface area (Å²) in [5.74, 6) is 0.142. The predicted octanol–water partition coefficient (Wildman–Crippen LogP) is 0.987. The predicted molar refractivity (Wildman–Crippen MR) is 49.4 cm³/mol. The maximum Gasteiger partial charge on any atom is 0.170 e. The molecule has 1 heterocycles. The van der Waals surface area contributed by atoms with E-state index in [9.17, 15) is 8.42 Å². The molecule has 0 unspecified atom stereocenters. The Morgan fingerprint density at radius 2 is 2.17 bits per heavy atom. The molecule has 0 amide bonds. The van der Waals surface area contributed by atoms with Gasteiger partial charge >= 0.3 is 0 Å². The van der Waals surface area contributed by atoms with E-state index in [1.165, 1.54) is 0 Å². The van der Waals surface area contributed by atoms with Crippen LogP contribution in [0.4, 0.5) is 0 Å². The maximum atomic E-state index is 11.4. The van der Waals surface area contributed by atoms with Crippen LogP contribution in [0, 0.1) is 0 Å². The molecule has 1 aliphatic rings. The van der Waals surface area contributed by atoms with E-state index in [2.05, 4.69) is 6.58 Å². The van der Waals surface area contributed by atoms with Crippen molar-refractivity contribution < 1.29 is 8.42 Å². The summed E-state index contributed by atoms with van der Waals surface area (Å²) in [5, 5.41) is -0.286. The molecule has 0 aromatic rings. The lowest BCUT2D eigenvalue weighted by molar-refractivity contribution is 0.295. The summed E-state index contributed by atoms with van der Waals surface area (Å²) >= 11 is 0. The van der Waals surface area contributed by atoms with E-state index < -0.39 is 9.84 Å². The topological polar surface area (TPSA) is 37.4 Å². The van der Waals surface area contributed by atoms with Crippen LogP contribution in [0.15, 0.2) is 12.3 Å². The minimum absolute atomic E-state index is 0.142. The Hall–Kier alpha value is -0.510. The van der Waals surface area contributed by atoms with Crippen LogP contribution in [0.3, 0.4) is 0 Å². The first kappa shape index (κ1) is 9.58. The lowest BCUT2D eigenvalue weighted by Crippen LogP contribution is -2.40. The number of nitrogens with zero attached hydrogens (tertiary/aromatic N) is 1. The molecular formula is C8H15NO2S. The van der Waals surface area contributed by atoms with E-state index in [1.54, 1.807) is 13.8 Å². The van der Waals surface area contributed by atoms with Crippen molar-refractivity contribution >= 4 is 9.84 Å². The Morgan fingerprint density at radius 1 is 1.58 bits per heavy atom. The summed E-state index contributed by atoms with van der Waals surface area (Å²) < 4.78 is 22.8. The van der Waals surface area contributed by atoms with Gasteiger partial charge in [-0.05, 0) is 13.8 Å². The maximum absolute atomic E-state index is 11.4. The van der Waals surface area contributed by atoms with Gasteiger partial charge in [0.25, 0.3) is 0 Å². The molecule has 0 aromatic carbocycles. The fourth-order valence-electron chi connectivity index (χ4n) is 0.950. The molecule has 0 aromatic heterocycles. The third-order valence-electron chi connectivity index (χ3n) is 2.17. The van der Waals surface area contributed by atoms with Crippen LogP contribution in [0.25, 0.3) is 0 Å². The van der Waals surface area contributed by atoms with Crippen LogP contribution in [-0.2, 0) is 9.84 Å². The fraction of sp³-hybridized carbons (Fsp3) is 0.750. The smallest absolute Gasteiger partial charge is 0.170 e. The Labute approximate surface area is 74.0 Å². The summed E-state index contributed by atoms with van der Waals surface area (Å²) in [6.07, 6.45) is 0.938. The van der Waals surface area contributed by atoms with E-state index in [0.29, 0.717) is 0 Å². The van der Waals surface area contributed by atoms with Gasteiger partial charge in [0, 0.05) is 18.7 Å². The zero-order valence-electron chi connectivity index (χ0n) is 7.58. The molecule has 0 aliphatic carbocycles. The van der Waals surface area contributed by atoms with E-state index in [-0.39, 0.29) is 11.1 Å². The van der Waals surface area contributed by atoms with E-state index in [0.717, 1.165) is 18.7 Å². The highest BCUT2D eigenvalue weighted by Gasteiger charge is 2.25. The minimum Gasteiger partial charge on any atom is -0.361 e. The number of hydrogen-bond acceptors (Lipinski definition) is 3. The van der Waals surface area contributed by atoms with Crippen LogP contribution >= 0.6 is 0 Å². The molecule has 1 aliphatic heterocycles. The first-order chi connectivity index (χ1) is 5.43. The van der Waals surface area contributed by atoms with Crippen molar-refractivity contribution in [2.75, 3.05) is 12.4 Å². The van der Waals surface area contributed by atoms with Gasteiger partial charge in [-0.15, -0.1) is 0 Å². The van der Waals surface area contributed by atoms with Crippen molar-refractivity contribution in [1.29, 1.82) is 0 Å². The summed E-state index contributed by atoms with van der Waals surface area (Å²) in [6, 6.07) is 0. The molecule has 70 valence electrons. The normalized spacial score (nSPS) is 18.2. The number of sulfone groups is 1. The average Bonchev–Trinajstić information content (AvgIpc) is 1.97. The Balaban J connectivity index is 2.56. The highest BCUT2D eigenvalue weighted by atomic mass is 32.2. The lowest BCUT2D eigenvalue weighted by Gasteiger charge is -2.35. The molecule has 3 nitrogen and oxygen atoms in total. The molecule has 1 saturated heterocycles. The SMILES string of the molecule is C=C1CCN1CS(=O)(=O)C(C)C. The van der Waals surface area contributed by atoms with E-state index in [4.69, 9.17) is 0 Å². The van der Waals surface area contributed by atoms with E-state index in [1.807, 2.05) is 4.90 Å². The third kappa shape index (κ3) is 1.80. The molecule has 0 saturated carbocycles. The molecule has 0 bridgehead atoms. The second-order valence-corrected chi connectivity index (χ2v) is 5.95. The summed E-state index contributed by atoms with van der Waals surface area (Å²) in [7, 11) is -2.93. The van der Waals surface area contributed by atoms with Gasteiger partial charge in [-0.3, -0.25) is 0 Å². The van der Waals surface area contributed by atoms with Gasteiger partial charge in [0.2, 0.25) is 0 Å². The molecular weight excluding hydrogens is 174 g/mol. The van der Waals surface area contributed by atoms with Crippen LogP contribution in [-0.4, -0.2) is 31.0 Å². The molecule has 4 heteroatoms. The molecule has 0 spiro atoms. The monoisotopic (exact) mass is 189 g/mol. The van der Waals surface area contributed by atoms with Crippen LogP contribution < -0.4 is 0 Å². The quantitative estimate of drug-likeness (QED) is 0.664. The van der Waals surface area contributed by atoms with Crippen molar-refractivity contribution in [3.05, 3.63) is 12.3 Å². The van der Waals surface area contributed by atoms with Gasteiger partial charge in [0.05, 0.1) is 5.25 Å². The van der Waals surface area contributed by atoms with Gasteiger partial charge in [-0.2, -0.15) is 0 Å². The molecule has 1 fully saturated rings. The Morgan fingerprint density at radius 3 is 2.42 bits per heavy atom. The largest absolute Gasteiger partial charge is 0.361 e. The number of likely N-dealkylation sites (tertiary alicyclic amines) is 1. The van der Waals surface area contributed by atoms with Gasteiger partial charge < -0.3 is 4.90 Å². The first-order valence-corrected chi connectivity index (χ1v) is 5.79. The Kier molecular flexibility index (Phi) is 2.46. The highest BCUT2D eigenvalue weighted by Crippen LogP contribution is 2.20. The summed E-state index contributed by atoms with van der Waals surface area (Å²) in [4.78, 5) is 1.81. The number of hydrogen-bond donors (Lipinski definition) is 0. The van der Waals surface area contributed by atoms with Crippen LogP contribution in [0.5, 0.6) is 0 Å². The van der Waals surface area contributed by atoms with Crippen molar-refractivity contribution in [3.63, 3.8) is 0 Å². The van der Waals surface area contributed by atoms with Crippen molar-refractivity contribution in [3.8, 4) is 0 Å². The number of rotatable bonds is 3. The van der Waals surface area contributed by atoms with Crippen LogP contribution in [0.1, 0.15) is 20.3 Å². The summed E-state index contributed by atoms with van der Waals surface area (Å²) in [5.41, 5.74) is 0.944. The molecule has 0 atom stereocenters. The third-order valence-corrected chi connectivity index (χ3v) is 4.28. The van der Waals surface area contributed by atoms with Crippen molar-refractivity contribution in [1.82, 2.24) is 4.90 Å². The highest BCUT2D eigenvalue weighted by molar-refractivity contribution is 7.91. The first-order valence-electron chi connectivity index (χ1n) is 4.08. The zero-order valence-corrected chi connectivity index (χ0v) is 8.39. The minimum atomic E-state index is -2.93. The van der Waals surface area contributed by atoms with Gasteiger partial charge in [-0.1, -0.05) is 6.58 Å². The molecule has 0 N–H and O–H groups in total. The van der Waals surface area contributed by atoms with Crippen molar-refractivity contribution in [2.24, 2.45) is 0 Å². The lowest BCUT2D eigenvalue weighted by atomic mass is 10.2. The zero-order chi connectivity index (χ0) is 9.35. The second kappa shape index (κ2) is 3.09. The summed E-state index contributed by atoms with van der Waals surface area (Å²) in [6.45, 7) is 8.00. The Bertz CT molecular complexity index is 279. The van der Waals surface area contributed by atoms with Crippen LogP contribution in [0.2, 0.25) is 0 Å². The van der Waals surface area contributed by atoms with Gasteiger partial charge in [0.1, 0.15) is 5.88 Å². The van der Waals surface area contributed by atoms with E-state index >= 15 is 0 Å². The standard InChI is InChI=1S/C8H15NO2S/c1-7(2)12(10,11)6-9-5-4-8(9)3/h7H,3-6H2,1-2H3. The van der Waals surface area contributed by atoms with Gasteiger partial charge in [-0.25, -0.2) is 8.42 Å². The second-order valence-electron chi connectivity index (χ2n) is 3.42. The average molecular weight is 189 g/mol.